The third-order valence-corrected chi connectivity index (χ3v) is 6.00. The standard InChI is InChI=1S/C24H21ClN4O2S/c1-15-9-16(2)11-18(10-15)27-24(31)28-20-5-3-4-6-21(20)32-14-19-12-23(30)29-13-17(25)7-8-22(29)26-19/h3-13H,14H2,1-2H3,(H2,27,28,31). The number of amides is 2. The van der Waals surface area contributed by atoms with Crippen LogP contribution in [0.25, 0.3) is 5.65 Å². The quantitative estimate of drug-likeness (QED) is 0.360. The maximum absolute atomic E-state index is 12.6. The van der Waals surface area contributed by atoms with Crippen LogP contribution >= 0.6 is 23.4 Å². The van der Waals surface area contributed by atoms with Gasteiger partial charge in [-0.1, -0.05) is 29.8 Å². The van der Waals surface area contributed by atoms with Crippen molar-refractivity contribution in [3.63, 3.8) is 0 Å². The number of halogens is 1. The zero-order valence-electron chi connectivity index (χ0n) is 17.6. The van der Waals surface area contributed by atoms with Crippen LogP contribution in [0.2, 0.25) is 5.02 Å². The van der Waals surface area contributed by atoms with Crippen molar-refractivity contribution in [1.29, 1.82) is 0 Å². The molecule has 0 saturated heterocycles. The summed E-state index contributed by atoms with van der Waals surface area (Å²) in [6.45, 7) is 3.98. The molecule has 8 heteroatoms. The van der Waals surface area contributed by atoms with E-state index in [2.05, 4.69) is 21.7 Å². The number of rotatable bonds is 5. The first-order valence-electron chi connectivity index (χ1n) is 9.93. The molecule has 2 N–H and O–H groups in total. The molecule has 4 aromatic rings. The molecule has 2 amide bonds. The molecule has 6 nitrogen and oxygen atoms in total. The Labute approximate surface area is 194 Å². The summed E-state index contributed by atoms with van der Waals surface area (Å²) < 4.78 is 1.42. The minimum absolute atomic E-state index is 0.188. The number of para-hydroxylation sites is 1. The van der Waals surface area contributed by atoms with Crippen molar-refractivity contribution in [3.05, 3.63) is 99.1 Å². The maximum atomic E-state index is 12.6. The van der Waals surface area contributed by atoms with Crippen LogP contribution in [0.3, 0.4) is 0 Å². The minimum Gasteiger partial charge on any atom is -0.308 e. The van der Waals surface area contributed by atoms with E-state index >= 15 is 0 Å². The number of hydrogen-bond acceptors (Lipinski definition) is 4. The monoisotopic (exact) mass is 464 g/mol. The number of aromatic nitrogens is 2. The van der Waals surface area contributed by atoms with Crippen molar-refractivity contribution in [3.8, 4) is 0 Å². The number of carbonyl (C=O) groups excluding carboxylic acids is 1. The molecule has 4 rings (SSSR count). The fourth-order valence-electron chi connectivity index (χ4n) is 3.38. The van der Waals surface area contributed by atoms with Crippen LogP contribution in [0.5, 0.6) is 0 Å². The van der Waals surface area contributed by atoms with E-state index < -0.39 is 0 Å². The summed E-state index contributed by atoms with van der Waals surface area (Å²) in [5.41, 5.74) is 4.59. The van der Waals surface area contributed by atoms with E-state index in [4.69, 9.17) is 11.6 Å². The van der Waals surface area contributed by atoms with Gasteiger partial charge in [0.25, 0.3) is 5.56 Å². The molecule has 0 saturated carbocycles. The Bertz CT molecular complexity index is 1350. The molecule has 32 heavy (non-hydrogen) atoms. The highest BCUT2D eigenvalue weighted by Gasteiger charge is 2.10. The van der Waals surface area contributed by atoms with Crippen molar-refractivity contribution in [2.24, 2.45) is 0 Å². The minimum atomic E-state index is -0.318. The number of fused-ring (bicyclic) bond motifs is 1. The Morgan fingerprint density at radius 2 is 1.78 bits per heavy atom. The molecule has 2 aromatic heterocycles. The Hall–Kier alpha value is -3.29. The van der Waals surface area contributed by atoms with Crippen molar-refractivity contribution >= 4 is 46.4 Å². The number of hydrogen-bond donors (Lipinski definition) is 2. The SMILES string of the molecule is Cc1cc(C)cc(NC(=O)Nc2ccccc2SCc2cc(=O)n3cc(Cl)ccc3n2)c1. The Kier molecular flexibility index (Phi) is 6.48. The molecule has 0 bridgehead atoms. The van der Waals surface area contributed by atoms with Gasteiger partial charge in [-0.15, -0.1) is 11.8 Å². The lowest BCUT2D eigenvalue weighted by atomic mass is 10.1. The number of anilines is 2. The van der Waals surface area contributed by atoms with Crippen molar-refractivity contribution in [2.45, 2.75) is 24.5 Å². The highest BCUT2D eigenvalue weighted by molar-refractivity contribution is 7.98. The Morgan fingerprint density at radius 1 is 1.03 bits per heavy atom. The fraction of sp³-hybridized carbons (Fsp3) is 0.125. The first-order chi connectivity index (χ1) is 15.4. The average molecular weight is 465 g/mol. The molecule has 0 aliphatic heterocycles. The van der Waals surface area contributed by atoms with Crippen molar-refractivity contribution in [1.82, 2.24) is 9.38 Å². The second-order valence-electron chi connectivity index (χ2n) is 7.40. The van der Waals surface area contributed by atoms with Gasteiger partial charge >= 0.3 is 6.03 Å². The second-order valence-corrected chi connectivity index (χ2v) is 8.86. The normalized spacial score (nSPS) is 10.8. The van der Waals surface area contributed by atoms with Gasteiger partial charge in [-0.2, -0.15) is 0 Å². The second kappa shape index (κ2) is 9.46. The van der Waals surface area contributed by atoms with Gasteiger partial charge in [0.1, 0.15) is 5.65 Å². The van der Waals surface area contributed by atoms with Gasteiger partial charge in [0.2, 0.25) is 0 Å². The summed E-state index contributed by atoms with van der Waals surface area (Å²) in [5, 5.41) is 6.26. The molecule has 0 spiro atoms. The lowest BCUT2D eigenvalue weighted by molar-refractivity contribution is 0.262. The molecular weight excluding hydrogens is 444 g/mol. The molecule has 2 heterocycles. The number of nitrogens with zero attached hydrogens (tertiary/aromatic N) is 2. The largest absolute Gasteiger partial charge is 0.323 e. The predicted octanol–water partition coefficient (Wildman–Crippen LogP) is 5.90. The zero-order valence-corrected chi connectivity index (χ0v) is 19.1. The first-order valence-corrected chi connectivity index (χ1v) is 11.3. The van der Waals surface area contributed by atoms with Gasteiger partial charge in [0.15, 0.2) is 0 Å². The lowest BCUT2D eigenvalue weighted by Crippen LogP contribution is -2.20. The molecule has 0 unspecified atom stereocenters. The number of pyridine rings is 1. The van der Waals surface area contributed by atoms with Crippen LogP contribution in [0.4, 0.5) is 16.2 Å². The predicted molar refractivity (Wildman–Crippen MR) is 131 cm³/mol. The van der Waals surface area contributed by atoms with Crippen LogP contribution < -0.4 is 16.2 Å². The summed E-state index contributed by atoms with van der Waals surface area (Å²) >= 11 is 7.46. The maximum Gasteiger partial charge on any atom is 0.323 e. The fourth-order valence-corrected chi connectivity index (χ4v) is 4.44. The van der Waals surface area contributed by atoms with Gasteiger partial charge in [0.05, 0.1) is 16.4 Å². The lowest BCUT2D eigenvalue weighted by Gasteiger charge is -2.12. The third-order valence-electron chi connectivity index (χ3n) is 4.67. The Morgan fingerprint density at radius 3 is 2.56 bits per heavy atom. The first kappa shape index (κ1) is 21.9. The van der Waals surface area contributed by atoms with Crippen molar-refractivity contribution < 1.29 is 4.79 Å². The van der Waals surface area contributed by atoms with Crippen LogP contribution in [0.15, 0.2) is 76.6 Å². The third kappa shape index (κ3) is 5.30. The number of urea groups is 1. The average Bonchev–Trinajstić information content (AvgIpc) is 2.73. The highest BCUT2D eigenvalue weighted by atomic mass is 35.5. The Balaban J connectivity index is 1.48. The number of nitrogens with one attached hydrogen (secondary N) is 2. The number of carbonyl (C=O) groups is 1. The van der Waals surface area contributed by atoms with E-state index in [0.29, 0.717) is 27.8 Å². The van der Waals surface area contributed by atoms with Gasteiger partial charge in [-0.05, 0) is 61.4 Å². The smallest absolute Gasteiger partial charge is 0.308 e. The molecule has 0 atom stereocenters. The van der Waals surface area contributed by atoms with E-state index in [-0.39, 0.29) is 11.6 Å². The topological polar surface area (TPSA) is 75.5 Å². The van der Waals surface area contributed by atoms with Gasteiger partial charge in [0, 0.05) is 28.6 Å². The molecule has 0 aliphatic rings. The van der Waals surface area contributed by atoms with E-state index in [0.717, 1.165) is 21.7 Å². The van der Waals surface area contributed by atoms with Gasteiger partial charge in [-0.3, -0.25) is 9.20 Å². The van der Waals surface area contributed by atoms with Gasteiger partial charge < -0.3 is 10.6 Å². The molecule has 0 fully saturated rings. The highest BCUT2D eigenvalue weighted by Crippen LogP contribution is 2.29. The molecule has 0 radical (unpaired) electrons. The number of thioether (sulfide) groups is 1. The molecular formula is C24H21ClN4O2S. The zero-order chi connectivity index (χ0) is 22.7. The summed E-state index contributed by atoms with van der Waals surface area (Å²) in [4.78, 5) is 30.4. The summed E-state index contributed by atoms with van der Waals surface area (Å²) in [5.74, 6) is 0.478. The van der Waals surface area contributed by atoms with E-state index in [9.17, 15) is 9.59 Å². The molecule has 162 valence electrons. The number of benzene rings is 2. The van der Waals surface area contributed by atoms with Crippen molar-refractivity contribution in [2.75, 3.05) is 10.6 Å². The van der Waals surface area contributed by atoms with Crippen LogP contribution in [0.1, 0.15) is 16.8 Å². The van der Waals surface area contributed by atoms with Crippen LogP contribution in [-0.2, 0) is 5.75 Å². The number of aryl methyl sites for hydroxylation is 2. The van der Waals surface area contributed by atoms with Crippen LogP contribution in [0, 0.1) is 13.8 Å². The van der Waals surface area contributed by atoms with E-state index in [1.807, 2.05) is 50.2 Å². The molecule has 2 aromatic carbocycles. The summed E-state index contributed by atoms with van der Waals surface area (Å²) in [7, 11) is 0. The van der Waals surface area contributed by atoms with E-state index in [1.54, 1.807) is 18.3 Å². The summed E-state index contributed by atoms with van der Waals surface area (Å²) in [6, 6.07) is 18.0. The van der Waals surface area contributed by atoms with E-state index in [1.165, 1.54) is 22.2 Å². The van der Waals surface area contributed by atoms with Crippen LogP contribution in [-0.4, -0.2) is 15.4 Å². The van der Waals surface area contributed by atoms with Gasteiger partial charge in [-0.25, -0.2) is 9.78 Å². The summed E-state index contributed by atoms with van der Waals surface area (Å²) in [6.07, 6.45) is 1.55. The molecule has 0 aliphatic carbocycles.